The van der Waals surface area contributed by atoms with Crippen LogP contribution in [0.15, 0.2) is 42.5 Å². The maximum atomic E-state index is 5.98. The number of rotatable bonds is 3. The molecule has 2 nitrogen and oxygen atoms in total. The molecule has 1 aromatic carbocycles. The number of para-hydroxylation sites is 1. The van der Waals surface area contributed by atoms with Gasteiger partial charge in [-0.05, 0) is 18.2 Å². The van der Waals surface area contributed by atoms with Gasteiger partial charge < -0.3 is 4.74 Å². The van der Waals surface area contributed by atoms with E-state index < -0.39 is 0 Å². The molecule has 17 heavy (non-hydrogen) atoms. The summed E-state index contributed by atoms with van der Waals surface area (Å²) in [6, 6.07) is 12.6. The lowest BCUT2D eigenvalue weighted by atomic mass is 10.3. The summed E-state index contributed by atoms with van der Waals surface area (Å²) in [7, 11) is 0. The van der Waals surface area contributed by atoms with Crippen LogP contribution in [0, 0.1) is 18.8 Å². The van der Waals surface area contributed by atoms with Crippen LogP contribution in [0.1, 0.15) is 5.69 Å². The Balaban J connectivity index is 2.22. The number of pyridine rings is 1. The molecular weight excluding hydrogens is 234 g/mol. The summed E-state index contributed by atoms with van der Waals surface area (Å²) in [5, 5.41) is 0.542. The van der Waals surface area contributed by atoms with Gasteiger partial charge in [0, 0.05) is 6.07 Å². The SMILES string of the molecule is C#C[CH]c1cccc(Oc2ccccc2Cl)n1. The molecule has 0 saturated carbocycles. The largest absolute Gasteiger partial charge is 0.437 e. The fourth-order valence-corrected chi connectivity index (χ4v) is 1.47. The summed E-state index contributed by atoms with van der Waals surface area (Å²) < 4.78 is 5.56. The lowest BCUT2D eigenvalue weighted by molar-refractivity contribution is 0.462. The quantitative estimate of drug-likeness (QED) is 0.766. The molecule has 0 atom stereocenters. The van der Waals surface area contributed by atoms with E-state index in [4.69, 9.17) is 22.8 Å². The molecule has 0 N–H and O–H groups in total. The molecule has 0 amide bonds. The van der Waals surface area contributed by atoms with E-state index in [-0.39, 0.29) is 0 Å². The number of benzene rings is 1. The van der Waals surface area contributed by atoms with Crippen LogP contribution in [-0.4, -0.2) is 4.98 Å². The van der Waals surface area contributed by atoms with Gasteiger partial charge in [-0.1, -0.05) is 35.7 Å². The van der Waals surface area contributed by atoms with Crippen LogP contribution in [0.5, 0.6) is 11.6 Å². The topological polar surface area (TPSA) is 22.1 Å². The average Bonchev–Trinajstić information content (AvgIpc) is 2.33. The van der Waals surface area contributed by atoms with Crippen molar-refractivity contribution in [2.45, 2.75) is 0 Å². The maximum absolute atomic E-state index is 5.98. The monoisotopic (exact) mass is 242 g/mol. The van der Waals surface area contributed by atoms with Crippen LogP contribution in [0.3, 0.4) is 0 Å². The Bertz CT molecular complexity index is 560. The Hall–Kier alpha value is -1.98. The fourth-order valence-electron chi connectivity index (χ4n) is 1.29. The Morgan fingerprint density at radius 2 is 2.00 bits per heavy atom. The molecule has 0 bridgehead atoms. The molecule has 3 heteroatoms. The van der Waals surface area contributed by atoms with Crippen LogP contribution in [0.25, 0.3) is 0 Å². The van der Waals surface area contributed by atoms with E-state index in [0.29, 0.717) is 22.3 Å². The van der Waals surface area contributed by atoms with Crippen molar-refractivity contribution in [2.24, 2.45) is 0 Å². The second-order valence-electron chi connectivity index (χ2n) is 3.24. The third-order valence-corrected chi connectivity index (χ3v) is 2.34. The number of nitrogens with zero attached hydrogens (tertiary/aromatic N) is 1. The van der Waals surface area contributed by atoms with E-state index in [1.54, 1.807) is 30.7 Å². The van der Waals surface area contributed by atoms with Crippen molar-refractivity contribution in [3.63, 3.8) is 0 Å². The second-order valence-corrected chi connectivity index (χ2v) is 3.65. The standard InChI is InChI=1S/C14H9ClNO/c1-2-6-11-7-5-10-14(16-11)17-13-9-4-3-8-12(13)15/h1,3-10H. The first-order valence-corrected chi connectivity index (χ1v) is 5.36. The minimum absolute atomic E-state index is 0.460. The van der Waals surface area contributed by atoms with E-state index in [0.717, 1.165) is 0 Å². The molecule has 0 aliphatic rings. The van der Waals surface area contributed by atoms with Gasteiger partial charge >= 0.3 is 0 Å². The van der Waals surface area contributed by atoms with Crippen LogP contribution < -0.4 is 4.74 Å². The first-order valence-electron chi connectivity index (χ1n) is 4.98. The molecule has 0 aliphatic heterocycles. The number of terminal acetylenes is 1. The molecule has 0 aliphatic carbocycles. The van der Waals surface area contributed by atoms with E-state index in [1.807, 2.05) is 18.2 Å². The van der Waals surface area contributed by atoms with Gasteiger partial charge in [0.2, 0.25) is 5.88 Å². The molecule has 2 aromatic rings. The molecular formula is C14H9ClNO. The minimum atomic E-state index is 0.460. The molecule has 83 valence electrons. The Morgan fingerprint density at radius 1 is 1.18 bits per heavy atom. The highest BCUT2D eigenvalue weighted by Crippen LogP contribution is 2.27. The van der Waals surface area contributed by atoms with E-state index in [1.165, 1.54) is 0 Å². The normalized spacial score (nSPS) is 9.65. The van der Waals surface area contributed by atoms with Crippen LogP contribution >= 0.6 is 11.6 Å². The fraction of sp³-hybridized carbons (Fsp3) is 0. The van der Waals surface area contributed by atoms with Crippen LogP contribution in [0.2, 0.25) is 5.02 Å². The van der Waals surface area contributed by atoms with Gasteiger partial charge in [0.25, 0.3) is 0 Å². The smallest absolute Gasteiger partial charge is 0.219 e. The second kappa shape index (κ2) is 5.38. The summed E-state index contributed by atoms with van der Waals surface area (Å²) in [4.78, 5) is 4.22. The van der Waals surface area contributed by atoms with Gasteiger partial charge in [-0.25, -0.2) is 4.98 Å². The molecule has 1 radical (unpaired) electrons. The molecule has 0 saturated heterocycles. The summed E-state index contributed by atoms with van der Waals surface area (Å²) >= 11 is 5.98. The van der Waals surface area contributed by atoms with Gasteiger partial charge in [-0.3, -0.25) is 0 Å². The van der Waals surface area contributed by atoms with Crippen molar-refractivity contribution >= 4 is 11.6 Å². The van der Waals surface area contributed by atoms with Crippen molar-refractivity contribution in [1.29, 1.82) is 0 Å². The zero-order chi connectivity index (χ0) is 12.1. The predicted molar refractivity (Wildman–Crippen MR) is 68.0 cm³/mol. The van der Waals surface area contributed by atoms with Crippen molar-refractivity contribution < 1.29 is 4.74 Å². The summed E-state index contributed by atoms with van der Waals surface area (Å²) in [5.74, 6) is 3.45. The van der Waals surface area contributed by atoms with Gasteiger partial charge in [-0.15, -0.1) is 6.42 Å². The van der Waals surface area contributed by atoms with Crippen LogP contribution in [0.4, 0.5) is 0 Å². The van der Waals surface area contributed by atoms with E-state index in [2.05, 4.69) is 10.9 Å². The van der Waals surface area contributed by atoms with Crippen LogP contribution in [-0.2, 0) is 0 Å². The predicted octanol–water partition coefficient (Wildman–Crippen LogP) is 3.71. The maximum Gasteiger partial charge on any atom is 0.219 e. The van der Waals surface area contributed by atoms with Gasteiger partial charge in [-0.2, -0.15) is 0 Å². The highest BCUT2D eigenvalue weighted by atomic mass is 35.5. The molecule has 2 rings (SSSR count). The highest BCUT2D eigenvalue weighted by Gasteiger charge is 2.03. The Morgan fingerprint density at radius 3 is 2.76 bits per heavy atom. The zero-order valence-electron chi connectivity index (χ0n) is 8.93. The molecule has 1 heterocycles. The van der Waals surface area contributed by atoms with E-state index >= 15 is 0 Å². The van der Waals surface area contributed by atoms with Gasteiger partial charge in [0.1, 0.15) is 5.75 Å². The first kappa shape index (κ1) is 11.5. The number of halogens is 1. The van der Waals surface area contributed by atoms with Crippen molar-refractivity contribution in [2.75, 3.05) is 0 Å². The first-order chi connectivity index (χ1) is 8.29. The minimum Gasteiger partial charge on any atom is -0.437 e. The lowest BCUT2D eigenvalue weighted by Gasteiger charge is -2.06. The average molecular weight is 243 g/mol. The Labute approximate surface area is 105 Å². The number of hydrogen-bond donors (Lipinski definition) is 0. The summed E-state index contributed by atoms with van der Waals surface area (Å²) in [5.41, 5.74) is 0.678. The van der Waals surface area contributed by atoms with Crippen molar-refractivity contribution in [3.05, 3.63) is 59.6 Å². The molecule has 0 fully saturated rings. The summed E-state index contributed by atoms with van der Waals surface area (Å²) in [6.07, 6.45) is 6.75. The van der Waals surface area contributed by atoms with E-state index in [9.17, 15) is 0 Å². The number of hydrogen-bond acceptors (Lipinski definition) is 2. The Kier molecular flexibility index (Phi) is 3.64. The lowest BCUT2D eigenvalue weighted by Crippen LogP contribution is -1.91. The zero-order valence-corrected chi connectivity index (χ0v) is 9.69. The third kappa shape index (κ3) is 2.99. The van der Waals surface area contributed by atoms with Gasteiger partial charge in [0.05, 0.1) is 17.1 Å². The number of aromatic nitrogens is 1. The summed E-state index contributed by atoms with van der Waals surface area (Å²) in [6.45, 7) is 0. The molecule has 0 unspecified atom stereocenters. The highest BCUT2D eigenvalue weighted by molar-refractivity contribution is 6.32. The molecule has 1 aromatic heterocycles. The van der Waals surface area contributed by atoms with Crippen molar-refractivity contribution in [1.82, 2.24) is 4.98 Å². The van der Waals surface area contributed by atoms with Gasteiger partial charge in [0.15, 0.2) is 0 Å². The third-order valence-electron chi connectivity index (χ3n) is 2.03. The van der Waals surface area contributed by atoms with Crippen molar-refractivity contribution in [3.8, 4) is 24.0 Å². The number of ether oxygens (including phenoxy) is 1. The molecule has 0 spiro atoms.